The van der Waals surface area contributed by atoms with Crippen LogP contribution in [0.3, 0.4) is 0 Å². The van der Waals surface area contributed by atoms with Gasteiger partial charge in [0.1, 0.15) is 11.9 Å². The molecule has 124 valence electrons. The number of nitrogens with zero attached hydrogens (tertiary/aromatic N) is 2. The fourth-order valence-electron chi connectivity index (χ4n) is 3.11. The Bertz CT molecular complexity index is 625. The minimum Gasteiger partial charge on any atom is -0.441 e. The van der Waals surface area contributed by atoms with Crippen molar-refractivity contribution in [1.29, 1.82) is 0 Å². The topological polar surface area (TPSA) is 59.5 Å². The summed E-state index contributed by atoms with van der Waals surface area (Å²) in [6.07, 6.45) is -0.0596. The molecular weight excluding hydrogens is 313 g/mol. The van der Waals surface area contributed by atoms with Crippen molar-refractivity contribution < 1.29 is 27.5 Å². The van der Waals surface area contributed by atoms with Crippen LogP contribution < -0.4 is 4.90 Å². The van der Waals surface area contributed by atoms with Gasteiger partial charge >= 0.3 is 12.3 Å². The monoisotopic (exact) mass is 328 g/mol. The van der Waals surface area contributed by atoms with Gasteiger partial charge in [-0.15, -0.1) is 0 Å². The molecule has 0 bridgehead atoms. The van der Waals surface area contributed by atoms with E-state index in [-0.39, 0.29) is 18.2 Å². The molecule has 8 heteroatoms. The molecule has 23 heavy (non-hydrogen) atoms. The molecule has 0 radical (unpaired) electrons. The zero-order valence-electron chi connectivity index (χ0n) is 12.2. The first-order chi connectivity index (χ1) is 10.8. The SMILES string of the molecule is O=CC1CCC2(CC1)CN(c1cncc(C(F)(F)F)c1)C(=O)O2. The van der Waals surface area contributed by atoms with Crippen molar-refractivity contribution in [3.63, 3.8) is 0 Å². The van der Waals surface area contributed by atoms with Gasteiger partial charge in [0.25, 0.3) is 0 Å². The minimum atomic E-state index is -4.52. The zero-order valence-corrected chi connectivity index (χ0v) is 12.2. The van der Waals surface area contributed by atoms with E-state index in [0.717, 1.165) is 18.5 Å². The van der Waals surface area contributed by atoms with Gasteiger partial charge in [0.15, 0.2) is 0 Å². The van der Waals surface area contributed by atoms with Gasteiger partial charge in [-0.3, -0.25) is 9.88 Å². The number of rotatable bonds is 2. The highest BCUT2D eigenvalue weighted by Crippen LogP contribution is 2.41. The number of aldehydes is 1. The number of amides is 1. The van der Waals surface area contributed by atoms with Crippen molar-refractivity contribution >= 4 is 18.1 Å². The molecule has 1 aliphatic heterocycles. The van der Waals surface area contributed by atoms with Crippen LogP contribution in [0.5, 0.6) is 0 Å². The Labute approximate surface area is 130 Å². The Hall–Kier alpha value is -2.12. The number of ether oxygens (including phenoxy) is 1. The lowest BCUT2D eigenvalue weighted by Crippen LogP contribution is -2.38. The molecule has 1 spiro atoms. The predicted octanol–water partition coefficient (Wildman–Crippen LogP) is 3.18. The van der Waals surface area contributed by atoms with Gasteiger partial charge in [0.2, 0.25) is 0 Å². The summed E-state index contributed by atoms with van der Waals surface area (Å²) in [5.74, 6) is -0.0383. The van der Waals surface area contributed by atoms with Crippen molar-refractivity contribution in [1.82, 2.24) is 4.98 Å². The summed E-state index contributed by atoms with van der Waals surface area (Å²) in [5, 5.41) is 0. The van der Waals surface area contributed by atoms with Crippen LogP contribution >= 0.6 is 0 Å². The molecule has 0 unspecified atom stereocenters. The van der Waals surface area contributed by atoms with Crippen molar-refractivity contribution in [3.05, 3.63) is 24.0 Å². The first-order valence-corrected chi connectivity index (χ1v) is 7.31. The van der Waals surface area contributed by atoms with Crippen LogP contribution in [0.25, 0.3) is 0 Å². The molecule has 0 N–H and O–H groups in total. The van der Waals surface area contributed by atoms with Crippen LogP contribution in [0.2, 0.25) is 0 Å². The van der Waals surface area contributed by atoms with Gasteiger partial charge in [0, 0.05) is 12.1 Å². The molecule has 1 aliphatic carbocycles. The van der Waals surface area contributed by atoms with Crippen molar-refractivity contribution in [2.24, 2.45) is 5.92 Å². The Morgan fingerprint density at radius 1 is 1.30 bits per heavy atom. The first-order valence-electron chi connectivity index (χ1n) is 7.31. The maximum atomic E-state index is 12.8. The van der Waals surface area contributed by atoms with Gasteiger partial charge in [-0.2, -0.15) is 13.2 Å². The second-order valence-corrected chi connectivity index (χ2v) is 6.04. The van der Waals surface area contributed by atoms with Crippen molar-refractivity contribution in [2.75, 3.05) is 11.4 Å². The van der Waals surface area contributed by atoms with E-state index in [4.69, 9.17) is 4.74 Å². The number of aromatic nitrogens is 1. The van der Waals surface area contributed by atoms with Gasteiger partial charge < -0.3 is 9.53 Å². The smallest absolute Gasteiger partial charge is 0.417 e. The van der Waals surface area contributed by atoms with Crippen LogP contribution in [0.4, 0.5) is 23.7 Å². The molecular formula is C15H15F3N2O3. The number of carbonyl (C=O) groups is 2. The number of pyridine rings is 1. The summed E-state index contributed by atoms with van der Waals surface area (Å²) >= 11 is 0. The third kappa shape index (κ3) is 3.02. The van der Waals surface area contributed by atoms with Crippen LogP contribution in [0.15, 0.2) is 18.5 Å². The minimum absolute atomic E-state index is 0.0383. The number of carbonyl (C=O) groups excluding carboxylic acids is 2. The number of alkyl halides is 3. The molecule has 2 fully saturated rings. The van der Waals surface area contributed by atoms with E-state index in [1.54, 1.807) is 0 Å². The molecule has 1 saturated heterocycles. The van der Waals surface area contributed by atoms with Gasteiger partial charge in [-0.05, 0) is 31.7 Å². The molecule has 1 aromatic heterocycles. The van der Waals surface area contributed by atoms with Crippen LogP contribution in [0.1, 0.15) is 31.2 Å². The molecule has 1 amide bonds. The fourth-order valence-corrected chi connectivity index (χ4v) is 3.11. The summed E-state index contributed by atoms with van der Waals surface area (Å²) in [7, 11) is 0. The lowest BCUT2D eigenvalue weighted by molar-refractivity contribution is -0.137. The highest BCUT2D eigenvalue weighted by Gasteiger charge is 2.48. The second kappa shape index (κ2) is 5.50. The second-order valence-electron chi connectivity index (χ2n) is 6.04. The van der Waals surface area contributed by atoms with Crippen molar-refractivity contribution in [2.45, 2.75) is 37.5 Å². The summed E-state index contributed by atoms with van der Waals surface area (Å²) < 4.78 is 43.8. The summed E-state index contributed by atoms with van der Waals surface area (Å²) in [6.45, 7) is 0.181. The maximum absolute atomic E-state index is 12.8. The summed E-state index contributed by atoms with van der Waals surface area (Å²) in [4.78, 5) is 27.7. The average molecular weight is 328 g/mol. The first kappa shape index (κ1) is 15.8. The molecule has 0 atom stereocenters. The highest BCUT2D eigenvalue weighted by atomic mass is 19.4. The molecule has 2 aliphatic rings. The molecule has 1 saturated carbocycles. The molecule has 0 aromatic carbocycles. The highest BCUT2D eigenvalue weighted by molar-refractivity contribution is 5.90. The predicted molar refractivity (Wildman–Crippen MR) is 73.8 cm³/mol. The molecule has 1 aromatic rings. The van der Waals surface area contributed by atoms with Gasteiger partial charge in [-0.25, -0.2) is 4.79 Å². The van der Waals surface area contributed by atoms with E-state index >= 15 is 0 Å². The van der Waals surface area contributed by atoms with E-state index < -0.39 is 23.4 Å². The largest absolute Gasteiger partial charge is 0.441 e. The van der Waals surface area contributed by atoms with Gasteiger partial charge in [-0.1, -0.05) is 0 Å². The van der Waals surface area contributed by atoms with E-state index in [1.807, 2.05) is 0 Å². The van der Waals surface area contributed by atoms with E-state index in [1.165, 1.54) is 11.1 Å². The van der Waals surface area contributed by atoms with Gasteiger partial charge in [0.05, 0.1) is 24.0 Å². The Morgan fingerprint density at radius 2 is 2.00 bits per heavy atom. The van der Waals surface area contributed by atoms with Crippen molar-refractivity contribution in [3.8, 4) is 0 Å². The number of hydrogen-bond acceptors (Lipinski definition) is 4. The third-order valence-corrected chi connectivity index (χ3v) is 4.47. The number of anilines is 1. The normalized spacial score (nSPS) is 28.0. The quantitative estimate of drug-likeness (QED) is 0.782. The third-order valence-electron chi connectivity index (χ3n) is 4.47. The van der Waals surface area contributed by atoms with Crippen LogP contribution in [-0.4, -0.2) is 29.5 Å². The maximum Gasteiger partial charge on any atom is 0.417 e. The average Bonchev–Trinajstić information content (AvgIpc) is 2.84. The molecule has 5 nitrogen and oxygen atoms in total. The van der Waals surface area contributed by atoms with Crippen LogP contribution in [0, 0.1) is 5.92 Å². The number of halogens is 3. The fraction of sp³-hybridized carbons (Fsp3) is 0.533. The van der Waals surface area contributed by atoms with Crippen LogP contribution in [-0.2, 0) is 15.7 Å². The lowest BCUT2D eigenvalue weighted by Gasteiger charge is -2.33. The molecule has 3 rings (SSSR count). The summed E-state index contributed by atoms with van der Waals surface area (Å²) in [5.41, 5.74) is -1.56. The lowest BCUT2D eigenvalue weighted by atomic mass is 9.79. The zero-order chi connectivity index (χ0) is 16.7. The van der Waals surface area contributed by atoms with E-state index in [2.05, 4.69) is 4.98 Å². The Morgan fingerprint density at radius 3 is 2.61 bits per heavy atom. The standard InChI is InChI=1S/C15H15F3N2O3/c16-15(17,18)11-5-12(7-19-6-11)20-9-14(23-13(20)22)3-1-10(8-21)2-4-14/h5-8,10H,1-4,9H2. The molecule has 2 heterocycles. The van der Waals surface area contributed by atoms with E-state index in [9.17, 15) is 22.8 Å². The number of hydrogen-bond donors (Lipinski definition) is 0. The van der Waals surface area contributed by atoms with E-state index in [0.29, 0.717) is 25.7 Å². The summed E-state index contributed by atoms with van der Waals surface area (Å²) in [6, 6.07) is 0.893. The Balaban J connectivity index is 1.80. The Kier molecular flexibility index (Phi) is 3.77.